The SMILES string of the molecule is CC(C)[C@H](NC(=O)CCC[C@H](O)[C@H](Cc1ccccc1)NC(=O)[C@H](C)NC(=O)OCc1ccccc1)C(=O)N[C@H](CO)C(C)C. The van der Waals surface area contributed by atoms with Crippen LogP contribution in [0.2, 0.25) is 0 Å². The van der Waals surface area contributed by atoms with Crippen LogP contribution in [0.1, 0.15) is 65.0 Å². The van der Waals surface area contributed by atoms with Crippen molar-refractivity contribution in [3.63, 3.8) is 0 Å². The Morgan fingerprint density at radius 3 is 1.87 bits per heavy atom. The number of nitrogens with one attached hydrogen (secondary N) is 4. The Balaban J connectivity index is 1.94. The van der Waals surface area contributed by atoms with E-state index in [9.17, 15) is 29.4 Å². The van der Waals surface area contributed by atoms with Gasteiger partial charge in [-0.05, 0) is 49.1 Å². The number of hydrogen-bond acceptors (Lipinski definition) is 7. The smallest absolute Gasteiger partial charge is 0.408 e. The van der Waals surface area contributed by atoms with Crippen LogP contribution in [0.3, 0.4) is 0 Å². The van der Waals surface area contributed by atoms with Crippen LogP contribution in [-0.2, 0) is 32.1 Å². The van der Waals surface area contributed by atoms with Crippen LogP contribution in [0.5, 0.6) is 0 Å². The summed E-state index contributed by atoms with van der Waals surface area (Å²) in [6.45, 7) is 8.82. The predicted octanol–water partition coefficient (Wildman–Crippen LogP) is 2.83. The summed E-state index contributed by atoms with van der Waals surface area (Å²) < 4.78 is 5.21. The molecule has 0 spiro atoms. The molecule has 2 aromatic rings. The number of alkyl carbamates (subject to hydrolysis) is 1. The second-order valence-electron chi connectivity index (χ2n) is 12.0. The third kappa shape index (κ3) is 13.7. The summed E-state index contributed by atoms with van der Waals surface area (Å²) in [5, 5.41) is 31.6. The van der Waals surface area contributed by atoms with Gasteiger partial charge in [-0.15, -0.1) is 0 Å². The number of aliphatic hydroxyl groups excluding tert-OH is 2. The molecule has 6 N–H and O–H groups in total. The number of benzene rings is 2. The normalized spacial score (nSPS) is 14.5. The first-order valence-electron chi connectivity index (χ1n) is 15.6. The molecule has 0 aromatic heterocycles. The monoisotopic (exact) mass is 626 g/mol. The molecule has 4 amide bonds. The molecule has 0 heterocycles. The molecular formula is C34H50N4O7. The Kier molecular flexibility index (Phi) is 16.1. The maximum Gasteiger partial charge on any atom is 0.408 e. The first-order chi connectivity index (χ1) is 21.4. The summed E-state index contributed by atoms with van der Waals surface area (Å²) in [5.74, 6) is -1.33. The second-order valence-corrected chi connectivity index (χ2v) is 12.0. The lowest BCUT2D eigenvalue weighted by molar-refractivity contribution is -0.131. The molecule has 0 fully saturated rings. The van der Waals surface area contributed by atoms with E-state index in [2.05, 4.69) is 21.3 Å². The molecule has 11 nitrogen and oxygen atoms in total. The average Bonchev–Trinajstić information content (AvgIpc) is 3.01. The number of ether oxygens (including phenoxy) is 1. The van der Waals surface area contributed by atoms with E-state index >= 15 is 0 Å². The molecule has 0 unspecified atom stereocenters. The minimum Gasteiger partial charge on any atom is -0.445 e. The van der Waals surface area contributed by atoms with Crippen molar-refractivity contribution in [1.82, 2.24) is 21.3 Å². The summed E-state index contributed by atoms with van der Waals surface area (Å²) in [5.41, 5.74) is 1.71. The fraction of sp³-hybridized carbons (Fsp3) is 0.529. The Hall–Kier alpha value is -3.96. The molecular weight excluding hydrogens is 576 g/mol. The topological polar surface area (TPSA) is 166 Å². The van der Waals surface area contributed by atoms with Crippen LogP contribution < -0.4 is 21.3 Å². The zero-order chi connectivity index (χ0) is 33.4. The van der Waals surface area contributed by atoms with E-state index in [1.165, 1.54) is 6.92 Å². The van der Waals surface area contributed by atoms with Crippen molar-refractivity contribution in [3.05, 3.63) is 71.8 Å². The van der Waals surface area contributed by atoms with Crippen molar-refractivity contribution in [2.75, 3.05) is 6.61 Å². The number of carbonyl (C=O) groups is 4. The van der Waals surface area contributed by atoms with Crippen LogP contribution >= 0.6 is 0 Å². The van der Waals surface area contributed by atoms with Gasteiger partial charge in [0.25, 0.3) is 0 Å². The van der Waals surface area contributed by atoms with E-state index < -0.39 is 42.3 Å². The fourth-order valence-corrected chi connectivity index (χ4v) is 4.62. The second kappa shape index (κ2) is 19.4. The number of rotatable bonds is 18. The number of amides is 4. The molecule has 2 rings (SSSR count). The van der Waals surface area contributed by atoms with Gasteiger partial charge in [0.15, 0.2) is 0 Å². The minimum absolute atomic E-state index is 0.0282. The van der Waals surface area contributed by atoms with Crippen molar-refractivity contribution in [2.24, 2.45) is 11.8 Å². The van der Waals surface area contributed by atoms with E-state index in [1.54, 1.807) is 0 Å². The highest BCUT2D eigenvalue weighted by Crippen LogP contribution is 2.13. The summed E-state index contributed by atoms with van der Waals surface area (Å²) in [4.78, 5) is 50.9. The van der Waals surface area contributed by atoms with Gasteiger partial charge >= 0.3 is 6.09 Å². The molecule has 0 aliphatic heterocycles. The lowest BCUT2D eigenvalue weighted by Crippen LogP contribution is -2.54. The van der Waals surface area contributed by atoms with E-state index in [-0.39, 0.29) is 49.7 Å². The standard InChI is InChI=1S/C34H50N4O7/c1-22(2)28(20-39)37-33(43)31(23(3)4)38-30(41)18-12-17-29(40)27(19-25-13-8-6-9-14-25)36-32(42)24(5)35-34(44)45-21-26-15-10-7-11-16-26/h6-11,13-16,22-24,27-29,31,39-40H,12,17-21H2,1-5H3,(H,35,44)(H,36,42)(H,37,43)(H,38,41)/t24-,27-,28+,29-,31-/m0/s1. The highest BCUT2D eigenvalue weighted by atomic mass is 16.5. The van der Waals surface area contributed by atoms with E-state index in [0.29, 0.717) is 12.8 Å². The van der Waals surface area contributed by atoms with Crippen LogP contribution in [0.4, 0.5) is 4.79 Å². The van der Waals surface area contributed by atoms with Gasteiger partial charge in [-0.1, -0.05) is 88.4 Å². The summed E-state index contributed by atoms with van der Waals surface area (Å²) in [7, 11) is 0. The highest BCUT2D eigenvalue weighted by molar-refractivity contribution is 5.88. The number of carbonyl (C=O) groups excluding carboxylic acids is 4. The largest absolute Gasteiger partial charge is 0.445 e. The molecule has 0 saturated carbocycles. The fourth-order valence-electron chi connectivity index (χ4n) is 4.62. The first kappa shape index (κ1) is 37.2. The average molecular weight is 627 g/mol. The predicted molar refractivity (Wildman–Crippen MR) is 172 cm³/mol. The molecule has 0 aliphatic carbocycles. The van der Waals surface area contributed by atoms with E-state index in [1.807, 2.05) is 88.4 Å². The quantitative estimate of drug-likeness (QED) is 0.148. The summed E-state index contributed by atoms with van der Waals surface area (Å²) >= 11 is 0. The molecule has 2 aromatic carbocycles. The van der Waals surface area contributed by atoms with Crippen LogP contribution in [0.15, 0.2) is 60.7 Å². The lowest BCUT2D eigenvalue weighted by atomic mass is 9.97. The van der Waals surface area contributed by atoms with Gasteiger partial charge in [-0.25, -0.2) is 4.79 Å². The molecule has 0 aliphatic rings. The maximum atomic E-state index is 13.0. The maximum absolute atomic E-state index is 13.0. The third-order valence-corrected chi connectivity index (χ3v) is 7.53. The molecule has 5 atom stereocenters. The zero-order valence-corrected chi connectivity index (χ0v) is 27.0. The molecule has 248 valence electrons. The van der Waals surface area contributed by atoms with Crippen molar-refractivity contribution in [2.45, 2.75) is 97.2 Å². The van der Waals surface area contributed by atoms with Crippen molar-refractivity contribution >= 4 is 23.8 Å². The van der Waals surface area contributed by atoms with Gasteiger partial charge in [0.05, 0.1) is 24.8 Å². The van der Waals surface area contributed by atoms with Crippen molar-refractivity contribution < 1.29 is 34.1 Å². The molecule has 11 heteroatoms. The van der Waals surface area contributed by atoms with Crippen LogP contribution in [-0.4, -0.2) is 70.9 Å². The molecule has 0 radical (unpaired) electrons. The van der Waals surface area contributed by atoms with E-state index in [0.717, 1.165) is 11.1 Å². The van der Waals surface area contributed by atoms with Crippen molar-refractivity contribution in [3.8, 4) is 0 Å². The minimum atomic E-state index is -0.986. The van der Waals surface area contributed by atoms with Gasteiger partial charge in [-0.2, -0.15) is 0 Å². The Morgan fingerprint density at radius 1 is 0.733 bits per heavy atom. The molecule has 0 bridgehead atoms. The van der Waals surface area contributed by atoms with Crippen LogP contribution in [0, 0.1) is 11.8 Å². The van der Waals surface area contributed by atoms with Gasteiger partial charge in [-0.3, -0.25) is 14.4 Å². The van der Waals surface area contributed by atoms with Gasteiger partial charge in [0.1, 0.15) is 18.7 Å². The number of hydrogen-bond donors (Lipinski definition) is 6. The molecule has 45 heavy (non-hydrogen) atoms. The Bertz CT molecular complexity index is 1190. The Morgan fingerprint density at radius 2 is 1.31 bits per heavy atom. The summed E-state index contributed by atoms with van der Waals surface area (Å²) in [6.07, 6.45) is -0.797. The van der Waals surface area contributed by atoms with Crippen molar-refractivity contribution in [1.29, 1.82) is 0 Å². The number of aliphatic hydroxyl groups is 2. The van der Waals surface area contributed by atoms with Crippen LogP contribution in [0.25, 0.3) is 0 Å². The highest BCUT2D eigenvalue weighted by Gasteiger charge is 2.28. The molecule has 0 saturated heterocycles. The Labute approximate surface area is 266 Å². The zero-order valence-electron chi connectivity index (χ0n) is 27.0. The van der Waals surface area contributed by atoms with E-state index in [4.69, 9.17) is 4.74 Å². The summed E-state index contributed by atoms with van der Waals surface area (Å²) in [6, 6.07) is 15.8. The van der Waals surface area contributed by atoms with Gasteiger partial charge in [0.2, 0.25) is 17.7 Å². The van der Waals surface area contributed by atoms with Gasteiger partial charge in [0, 0.05) is 6.42 Å². The lowest BCUT2D eigenvalue weighted by Gasteiger charge is -2.27. The third-order valence-electron chi connectivity index (χ3n) is 7.53. The van der Waals surface area contributed by atoms with Gasteiger partial charge < -0.3 is 36.2 Å². The first-order valence-corrected chi connectivity index (χ1v) is 15.6.